The summed E-state index contributed by atoms with van der Waals surface area (Å²) in [4.78, 5) is 2.34. The minimum absolute atomic E-state index is 0.104. The van der Waals surface area contributed by atoms with Gasteiger partial charge in [0, 0.05) is 25.6 Å². The number of fused-ring (bicyclic) bond motifs is 1. The molecule has 1 aromatic rings. The van der Waals surface area contributed by atoms with Gasteiger partial charge in [-0.1, -0.05) is 0 Å². The molecule has 3 heterocycles. The number of aromatic nitrogens is 3. The molecule has 20 heavy (non-hydrogen) atoms. The lowest BCUT2D eigenvalue weighted by molar-refractivity contribution is -0.0914. The number of nitrogens with zero attached hydrogens (tertiary/aromatic N) is 4. The molecule has 2 aliphatic rings. The average molecular weight is 280 g/mol. The quantitative estimate of drug-likeness (QED) is 0.862. The predicted molar refractivity (Wildman–Crippen MR) is 74.0 cm³/mol. The normalized spacial score (nSPS) is 32.2. The Balaban J connectivity index is 1.72. The van der Waals surface area contributed by atoms with Crippen molar-refractivity contribution in [2.24, 2.45) is 5.92 Å². The topological polar surface area (TPSA) is 63.4 Å². The average Bonchev–Trinajstić information content (AvgIpc) is 2.85. The largest absolute Gasteiger partial charge is 0.390 e. The van der Waals surface area contributed by atoms with Crippen molar-refractivity contribution in [2.45, 2.75) is 58.1 Å². The fourth-order valence-electron chi connectivity index (χ4n) is 3.55. The van der Waals surface area contributed by atoms with Gasteiger partial charge in [-0.3, -0.25) is 4.90 Å². The summed E-state index contributed by atoms with van der Waals surface area (Å²) in [5, 5.41) is 18.6. The van der Waals surface area contributed by atoms with E-state index in [2.05, 4.69) is 33.5 Å². The SMILES string of the molecule is CC1(C)OC(C)(C)C(CN2CCn3cnnc3C2)C1O. The van der Waals surface area contributed by atoms with Crippen LogP contribution in [0.5, 0.6) is 0 Å². The maximum Gasteiger partial charge on any atom is 0.147 e. The minimum Gasteiger partial charge on any atom is -0.390 e. The molecule has 112 valence electrons. The molecule has 3 rings (SSSR count). The molecule has 6 nitrogen and oxygen atoms in total. The first-order valence-electron chi connectivity index (χ1n) is 7.27. The van der Waals surface area contributed by atoms with E-state index in [1.807, 2.05) is 13.8 Å². The van der Waals surface area contributed by atoms with E-state index < -0.39 is 11.7 Å². The molecular formula is C14H24N4O2. The van der Waals surface area contributed by atoms with Crippen LogP contribution in [-0.2, 0) is 17.8 Å². The second kappa shape index (κ2) is 4.51. The number of ether oxygens (including phenoxy) is 1. The number of aliphatic hydroxyl groups is 1. The lowest BCUT2D eigenvalue weighted by atomic mass is 9.84. The van der Waals surface area contributed by atoms with E-state index in [1.165, 1.54) is 0 Å². The number of hydrogen-bond donors (Lipinski definition) is 1. The van der Waals surface area contributed by atoms with Crippen molar-refractivity contribution in [3.63, 3.8) is 0 Å². The Morgan fingerprint density at radius 3 is 2.70 bits per heavy atom. The molecule has 1 fully saturated rings. The van der Waals surface area contributed by atoms with Gasteiger partial charge in [0.05, 0.1) is 23.9 Å². The van der Waals surface area contributed by atoms with Gasteiger partial charge in [-0.25, -0.2) is 0 Å². The summed E-state index contributed by atoms with van der Waals surface area (Å²) < 4.78 is 8.14. The molecule has 2 atom stereocenters. The number of hydrogen-bond acceptors (Lipinski definition) is 5. The molecule has 0 spiro atoms. The van der Waals surface area contributed by atoms with Crippen LogP contribution in [0.1, 0.15) is 33.5 Å². The molecule has 1 aromatic heterocycles. The molecule has 2 unspecified atom stereocenters. The first-order chi connectivity index (χ1) is 9.29. The summed E-state index contributed by atoms with van der Waals surface area (Å²) in [6.07, 6.45) is 1.34. The van der Waals surface area contributed by atoms with Gasteiger partial charge in [0.25, 0.3) is 0 Å². The van der Waals surface area contributed by atoms with Gasteiger partial charge in [-0.05, 0) is 27.7 Å². The highest BCUT2D eigenvalue weighted by Gasteiger charge is 2.53. The lowest BCUT2D eigenvalue weighted by Crippen LogP contribution is -2.45. The molecule has 6 heteroatoms. The van der Waals surface area contributed by atoms with Crippen molar-refractivity contribution in [3.8, 4) is 0 Å². The van der Waals surface area contributed by atoms with Crippen molar-refractivity contribution in [2.75, 3.05) is 13.1 Å². The Hall–Kier alpha value is -0.980. The maximum absolute atomic E-state index is 10.6. The molecule has 2 aliphatic heterocycles. The Labute approximate surface area is 119 Å². The summed E-state index contributed by atoms with van der Waals surface area (Å²) in [5.41, 5.74) is -0.794. The Morgan fingerprint density at radius 2 is 2.05 bits per heavy atom. The number of aliphatic hydroxyl groups excluding tert-OH is 1. The molecule has 1 saturated heterocycles. The van der Waals surface area contributed by atoms with Crippen LogP contribution in [-0.4, -0.2) is 55.2 Å². The zero-order valence-corrected chi connectivity index (χ0v) is 12.7. The lowest BCUT2D eigenvalue weighted by Gasteiger charge is -2.34. The van der Waals surface area contributed by atoms with Gasteiger partial charge in [-0.15, -0.1) is 10.2 Å². The molecule has 0 radical (unpaired) electrons. The third kappa shape index (κ3) is 2.25. The van der Waals surface area contributed by atoms with Gasteiger partial charge < -0.3 is 14.4 Å². The first kappa shape index (κ1) is 14.0. The van der Waals surface area contributed by atoms with Crippen molar-refractivity contribution in [1.29, 1.82) is 0 Å². The zero-order chi connectivity index (χ0) is 14.5. The minimum atomic E-state index is -0.482. The van der Waals surface area contributed by atoms with E-state index in [4.69, 9.17) is 4.74 Å². The molecule has 0 bridgehead atoms. The summed E-state index contributed by atoms with van der Waals surface area (Å²) in [5.74, 6) is 1.11. The van der Waals surface area contributed by atoms with E-state index in [9.17, 15) is 5.11 Å². The van der Waals surface area contributed by atoms with Gasteiger partial charge >= 0.3 is 0 Å². The Kier molecular flexibility index (Phi) is 3.15. The van der Waals surface area contributed by atoms with Gasteiger partial charge in [0.2, 0.25) is 0 Å². The fourth-order valence-corrected chi connectivity index (χ4v) is 3.55. The monoisotopic (exact) mass is 280 g/mol. The Bertz CT molecular complexity index is 497. The van der Waals surface area contributed by atoms with Gasteiger partial charge in [0.1, 0.15) is 12.2 Å². The first-order valence-corrected chi connectivity index (χ1v) is 7.27. The summed E-state index contributed by atoms with van der Waals surface area (Å²) in [6, 6.07) is 0. The highest BCUT2D eigenvalue weighted by Crippen LogP contribution is 2.42. The van der Waals surface area contributed by atoms with Crippen LogP contribution in [0.15, 0.2) is 6.33 Å². The van der Waals surface area contributed by atoms with Crippen molar-refractivity contribution in [3.05, 3.63) is 12.2 Å². The standard InChI is InChI=1S/C14H24N4O2/c1-13(2)10(12(19)14(3,4)20-13)7-17-5-6-18-9-15-16-11(18)8-17/h9-10,12,19H,5-8H2,1-4H3. The predicted octanol–water partition coefficient (Wildman–Crippen LogP) is 0.658. The third-order valence-corrected chi connectivity index (χ3v) is 4.69. The second-order valence-corrected chi connectivity index (χ2v) is 7.04. The second-order valence-electron chi connectivity index (χ2n) is 7.04. The van der Waals surface area contributed by atoms with E-state index in [-0.39, 0.29) is 11.5 Å². The Morgan fingerprint density at radius 1 is 1.30 bits per heavy atom. The van der Waals surface area contributed by atoms with E-state index in [0.29, 0.717) is 0 Å². The van der Waals surface area contributed by atoms with Crippen LogP contribution in [0.25, 0.3) is 0 Å². The van der Waals surface area contributed by atoms with E-state index >= 15 is 0 Å². The van der Waals surface area contributed by atoms with Gasteiger partial charge in [-0.2, -0.15) is 0 Å². The molecule has 0 saturated carbocycles. The van der Waals surface area contributed by atoms with Crippen molar-refractivity contribution in [1.82, 2.24) is 19.7 Å². The van der Waals surface area contributed by atoms with Crippen LogP contribution in [0.4, 0.5) is 0 Å². The van der Waals surface area contributed by atoms with Crippen LogP contribution < -0.4 is 0 Å². The van der Waals surface area contributed by atoms with Crippen LogP contribution in [0.2, 0.25) is 0 Å². The third-order valence-electron chi connectivity index (χ3n) is 4.69. The highest BCUT2D eigenvalue weighted by atomic mass is 16.5. The van der Waals surface area contributed by atoms with E-state index in [0.717, 1.165) is 32.0 Å². The van der Waals surface area contributed by atoms with E-state index in [1.54, 1.807) is 6.33 Å². The van der Waals surface area contributed by atoms with Crippen LogP contribution in [0.3, 0.4) is 0 Å². The summed E-state index contributed by atoms with van der Waals surface area (Å²) in [6.45, 7) is 11.6. The fraction of sp³-hybridized carbons (Fsp3) is 0.857. The molecule has 0 amide bonds. The van der Waals surface area contributed by atoms with Gasteiger partial charge in [0.15, 0.2) is 0 Å². The summed E-state index contributed by atoms with van der Waals surface area (Å²) >= 11 is 0. The van der Waals surface area contributed by atoms with Crippen molar-refractivity contribution < 1.29 is 9.84 Å². The zero-order valence-electron chi connectivity index (χ0n) is 12.7. The smallest absolute Gasteiger partial charge is 0.147 e. The molecule has 1 N–H and O–H groups in total. The highest BCUT2D eigenvalue weighted by molar-refractivity contribution is 5.03. The van der Waals surface area contributed by atoms with Crippen LogP contribution in [0, 0.1) is 5.92 Å². The summed E-state index contributed by atoms with van der Waals surface area (Å²) in [7, 11) is 0. The van der Waals surface area contributed by atoms with Crippen LogP contribution >= 0.6 is 0 Å². The maximum atomic E-state index is 10.6. The molecule has 0 aromatic carbocycles. The molecular weight excluding hydrogens is 256 g/mol. The number of rotatable bonds is 2. The van der Waals surface area contributed by atoms with Crippen molar-refractivity contribution >= 4 is 0 Å². The molecule has 0 aliphatic carbocycles.